The van der Waals surface area contributed by atoms with Crippen molar-refractivity contribution in [3.8, 4) is 6.07 Å². The second-order valence-electron chi connectivity index (χ2n) is 3.58. The molecular formula is C11H14N4. The molecule has 0 radical (unpaired) electrons. The van der Waals surface area contributed by atoms with Crippen molar-refractivity contribution >= 4 is 5.69 Å². The third-order valence-electron chi connectivity index (χ3n) is 2.74. The lowest BCUT2D eigenvalue weighted by Gasteiger charge is -2.39. The molecule has 4 heteroatoms. The zero-order valence-electron chi connectivity index (χ0n) is 8.77. The van der Waals surface area contributed by atoms with Crippen molar-refractivity contribution in [1.29, 1.82) is 5.26 Å². The summed E-state index contributed by atoms with van der Waals surface area (Å²) in [5.41, 5.74) is 1.47. The largest absolute Gasteiger partial charge is 0.364 e. The number of hydrogen-bond acceptors (Lipinski definition) is 4. The second kappa shape index (κ2) is 4.28. The molecule has 0 amide bonds. The number of aromatic nitrogens is 1. The normalized spacial score (nSPS) is 15.5. The molecule has 1 saturated heterocycles. The molecule has 0 saturated carbocycles. The summed E-state index contributed by atoms with van der Waals surface area (Å²) in [5.74, 6) is 0. The molecule has 0 unspecified atom stereocenters. The van der Waals surface area contributed by atoms with Crippen LogP contribution >= 0.6 is 0 Å². The molecule has 1 aromatic rings. The van der Waals surface area contributed by atoms with Crippen molar-refractivity contribution in [3.63, 3.8) is 0 Å². The zero-order chi connectivity index (χ0) is 10.7. The lowest BCUT2D eigenvalue weighted by atomic mass is 10.1. The second-order valence-corrected chi connectivity index (χ2v) is 3.58. The van der Waals surface area contributed by atoms with Gasteiger partial charge in [0.2, 0.25) is 0 Å². The van der Waals surface area contributed by atoms with Gasteiger partial charge in [-0.15, -0.1) is 0 Å². The molecule has 1 N–H and O–H groups in total. The summed E-state index contributed by atoms with van der Waals surface area (Å²) in [4.78, 5) is 6.32. The molecule has 4 nitrogen and oxygen atoms in total. The van der Waals surface area contributed by atoms with Crippen molar-refractivity contribution in [3.05, 3.63) is 24.0 Å². The van der Waals surface area contributed by atoms with Crippen LogP contribution in [0, 0.1) is 11.3 Å². The minimum atomic E-state index is 0.506. The van der Waals surface area contributed by atoms with E-state index < -0.39 is 0 Å². The first kappa shape index (κ1) is 9.94. The molecule has 1 aliphatic heterocycles. The lowest BCUT2D eigenvalue weighted by Crippen LogP contribution is -2.57. The van der Waals surface area contributed by atoms with Crippen LogP contribution in [0.5, 0.6) is 0 Å². The van der Waals surface area contributed by atoms with Crippen molar-refractivity contribution in [2.75, 3.05) is 24.5 Å². The highest BCUT2D eigenvalue weighted by atomic mass is 15.2. The van der Waals surface area contributed by atoms with Crippen LogP contribution in [0.1, 0.15) is 12.6 Å². The first-order valence-electron chi connectivity index (χ1n) is 5.19. The van der Waals surface area contributed by atoms with E-state index in [-0.39, 0.29) is 0 Å². The predicted molar refractivity (Wildman–Crippen MR) is 58.6 cm³/mol. The van der Waals surface area contributed by atoms with Gasteiger partial charge in [0.05, 0.1) is 11.7 Å². The van der Waals surface area contributed by atoms with Gasteiger partial charge in [-0.1, -0.05) is 0 Å². The molecule has 1 aromatic heterocycles. The smallest absolute Gasteiger partial charge is 0.163 e. The Bertz CT molecular complexity index is 378. The minimum Gasteiger partial charge on any atom is -0.364 e. The van der Waals surface area contributed by atoms with Gasteiger partial charge in [-0.2, -0.15) is 5.26 Å². The van der Waals surface area contributed by atoms with Crippen molar-refractivity contribution < 1.29 is 0 Å². The van der Waals surface area contributed by atoms with Crippen LogP contribution in [0.25, 0.3) is 0 Å². The molecule has 2 heterocycles. The van der Waals surface area contributed by atoms with E-state index in [0.29, 0.717) is 11.7 Å². The molecule has 1 fully saturated rings. The fraction of sp³-hybridized carbons (Fsp3) is 0.455. The molecule has 0 bridgehead atoms. The Balaban J connectivity index is 2.29. The average Bonchev–Trinajstić information content (AvgIpc) is 2.23. The highest BCUT2D eigenvalue weighted by Crippen LogP contribution is 2.21. The summed E-state index contributed by atoms with van der Waals surface area (Å²) < 4.78 is 0. The van der Waals surface area contributed by atoms with Crippen LogP contribution in [0.2, 0.25) is 0 Å². The van der Waals surface area contributed by atoms with Crippen LogP contribution in [-0.2, 0) is 0 Å². The van der Waals surface area contributed by atoms with Gasteiger partial charge in [-0.25, -0.2) is 4.98 Å². The molecule has 0 aromatic carbocycles. The van der Waals surface area contributed by atoms with E-state index in [4.69, 9.17) is 5.26 Å². The van der Waals surface area contributed by atoms with Crippen molar-refractivity contribution in [1.82, 2.24) is 10.3 Å². The fourth-order valence-electron chi connectivity index (χ4n) is 1.83. The quantitative estimate of drug-likeness (QED) is 0.786. The number of nitriles is 1. The molecule has 2 rings (SSSR count). The standard InChI is InChI=1S/C11H14N4/c1-2-15(9-7-13-8-9)11-4-3-5-14-10(11)6-12/h3-5,9,13H,2,7-8H2,1H3. The molecule has 0 spiro atoms. The number of anilines is 1. The van der Waals surface area contributed by atoms with Gasteiger partial charge in [0, 0.05) is 25.8 Å². The van der Waals surface area contributed by atoms with Gasteiger partial charge in [-0.3, -0.25) is 0 Å². The summed E-state index contributed by atoms with van der Waals surface area (Å²) >= 11 is 0. The van der Waals surface area contributed by atoms with Gasteiger partial charge >= 0.3 is 0 Å². The number of rotatable bonds is 3. The average molecular weight is 202 g/mol. The number of nitrogens with one attached hydrogen (secondary N) is 1. The first-order valence-corrected chi connectivity index (χ1v) is 5.19. The van der Waals surface area contributed by atoms with Crippen LogP contribution in [-0.4, -0.2) is 30.7 Å². The van der Waals surface area contributed by atoms with E-state index >= 15 is 0 Å². The Morgan fingerprint density at radius 3 is 3.00 bits per heavy atom. The zero-order valence-corrected chi connectivity index (χ0v) is 8.77. The number of nitrogens with zero attached hydrogens (tertiary/aromatic N) is 3. The van der Waals surface area contributed by atoms with Gasteiger partial charge in [0.25, 0.3) is 0 Å². The topological polar surface area (TPSA) is 52.0 Å². The molecular weight excluding hydrogens is 188 g/mol. The molecule has 78 valence electrons. The van der Waals surface area contributed by atoms with Crippen LogP contribution in [0.3, 0.4) is 0 Å². The van der Waals surface area contributed by atoms with Gasteiger partial charge in [0.1, 0.15) is 6.07 Å². The van der Waals surface area contributed by atoms with Crippen molar-refractivity contribution in [2.24, 2.45) is 0 Å². The summed E-state index contributed by atoms with van der Waals surface area (Å²) in [6.45, 7) is 5.00. The van der Waals surface area contributed by atoms with Gasteiger partial charge in [-0.05, 0) is 19.1 Å². The van der Waals surface area contributed by atoms with E-state index in [2.05, 4.69) is 28.2 Å². The maximum absolute atomic E-state index is 8.98. The number of pyridine rings is 1. The molecule has 0 aliphatic carbocycles. The van der Waals surface area contributed by atoms with Gasteiger partial charge in [0.15, 0.2) is 5.69 Å². The third kappa shape index (κ3) is 1.79. The number of hydrogen-bond donors (Lipinski definition) is 1. The molecule has 0 atom stereocenters. The SMILES string of the molecule is CCN(c1cccnc1C#N)C1CNC1. The highest BCUT2D eigenvalue weighted by molar-refractivity contribution is 5.56. The number of likely N-dealkylation sites (N-methyl/N-ethyl adjacent to an activating group) is 1. The first-order chi connectivity index (χ1) is 7.36. The van der Waals surface area contributed by atoms with Crippen molar-refractivity contribution in [2.45, 2.75) is 13.0 Å². The van der Waals surface area contributed by atoms with Crippen LogP contribution < -0.4 is 10.2 Å². The minimum absolute atomic E-state index is 0.506. The maximum Gasteiger partial charge on any atom is 0.163 e. The van der Waals surface area contributed by atoms with E-state index in [1.807, 2.05) is 12.1 Å². The van der Waals surface area contributed by atoms with Gasteiger partial charge < -0.3 is 10.2 Å². The summed E-state index contributed by atoms with van der Waals surface area (Å²) in [6.07, 6.45) is 1.66. The Morgan fingerprint density at radius 1 is 1.67 bits per heavy atom. The summed E-state index contributed by atoms with van der Waals surface area (Å²) in [7, 11) is 0. The summed E-state index contributed by atoms with van der Waals surface area (Å²) in [6, 6.07) is 6.49. The van der Waals surface area contributed by atoms with E-state index in [0.717, 1.165) is 25.3 Å². The van der Waals surface area contributed by atoms with E-state index in [1.54, 1.807) is 6.20 Å². The Hall–Kier alpha value is -1.60. The van der Waals surface area contributed by atoms with Crippen LogP contribution in [0.4, 0.5) is 5.69 Å². The third-order valence-corrected chi connectivity index (χ3v) is 2.74. The Morgan fingerprint density at radius 2 is 2.47 bits per heavy atom. The Kier molecular flexibility index (Phi) is 2.84. The lowest BCUT2D eigenvalue weighted by molar-refractivity contribution is 0.417. The Labute approximate surface area is 89.5 Å². The summed E-state index contributed by atoms with van der Waals surface area (Å²) in [5, 5.41) is 12.2. The fourth-order valence-corrected chi connectivity index (χ4v) is 1.83. The molecule has 1 aliphatic rings. The predicted octanol–water partition coefficient (Wildman–Crippen LogP) is 0.751. The molecule has 15 heavy (non-hydrogen) atoms. The maximum atomic E-state index is 8.98. The van der Waals surface area contributed by atoms with E-state index in [9.17, 15) is 0 Å². The highest BCUT2D eigenvalue weighted by Gasteiger charge is 2.25. The monoisotopic (exact) mass is 202 g/mol. The van der Waals surface area contributed by atoms with Crippen LogP contribution in [0.15, 0.2) is 18.3 Å². The van der Waals surface area contributed by atoms with E-state index in [1.165, 1.54) is 0 Å².